The van der Waals surface area contributed by atoms with Crippen LogP contribution in [0.4, 0.5) is 10.1 Å². The second-order valence-corrected chi connectivity index (χ2v) is 6.88. The van der Waals surface area contributed by atoms with Crippen LogP contribution in [0.3, 0.4) is 0 Å². The van der Waals surface area contributed by atoms with E-state index in [1.54, 1.807) is 0 Å². The Morgan fingerprint density at radius 3 is 2.56 bits per heavy atom. The van der Waals surface area contributed by atoms with Gasteiger partial charge in [0.1, 0.15) is 5.56 Å². The summed E-state index contributed by atoms with van der Waals surface area (Å²) in [4.78, 5) is 28.0. The van der Waals surface area contributed by atoms with E-state index in [-0.39, 0.29) is 28.1 Å². The van der Waals surface area contributed by atoms with E-state index in [1.165, 1.54) is 30.3 Å². The normalized spacial score (nSPS) is 10.6. The van der Waals surface area contributed by atoms with Crippen LogP contribution in [0.25, 0.3) is 22.8 Å². The number of nitro groups is 1. The smallest absolute Gasteiger partial charge is 0.326 e. The van der Waals surface area contributed by atoms with Gasteiger partial charge in [-0.3, -0.25) is 14.9 Å². The van der Waals surface area contributed by atoms with Gasteiger partial charge in [-0.2, -0.15) is 10.2 Å². The topological polar surface area (TPSA) is 184 Å². The van der Waals surface area contributed by atoms with Crippen LogP contribution in [0.2, 0.25) is 0 Å². The molecule has 0 aliphatic carbocycles. The van der Waals surface area contributed by atoms with Gasteiger partial charge in [0, 0.05) is 11.1 Å². The molecular weight excluding hydrogens is 451 g/mol. The summed E-state index contributed by atoms with van der Waals surface area (Å²) in [6, 6.07) is 11.2. The van der Waals surface area contributed by atoms with Crippen LogP contribution < -0.4 is 0 Å². The van der Waals surface area contributed by atoms with E-state index in [2.05, 4.69) is 10.1 Å². The van der Waals surface area contributed by atoms with Gasteiger partial charge in [0.25, 0.3) is 5.89 Å². The van der Waals surface area contributed by atoms with Crippen molar-refractivity contribution in [3.05, 3.63) is 81.2 Å². The molecule has 0 saturated heterocycles. The molecule has 0 spiro atoms. The zero-order valence-corrected chi connectivity index (χ0v) is 16.8. The molecule has 0 aliphatic rings. The van der Waals surface area contributed by atoms with Crippen LogP contribution in [-0.4, -0.2) is 36.2 Å². The average Bonchev–Trinajstić information content (AvgIpc) is 3.31. The molecule has 1 aromatic heterocycles. The summed E-state index contributed by atoms with van der Waals surface area (Å²) in [6.45, 7) is 0. The number of phenols is 3. The van der Waals surface area contributed by atoms with E-state index in [0.717, 1.165) is 18.2 Å². The van der Waals surface area contributed by atoms with Crippen LogP contribution in [0.1, 0.15) is 21.5 Å². The lowest BCUT2D eigenvalue weighted by Crippen LogP contribution is -2.08. The predicted octanol–water partition coefficient (Wildman–Crippen LogP) is 3.67. The van der Waals surface area contributed by atoms with Gasteiger partial charge in [0.2, 0.25) is 17.4 Å². The highest BCUT2D eigenvalue weighted by Gasteiger charge is 2.34. The third-order valence-corrected chi connectivity index (χ3v) is 4.78. The average molecular weight is 462 g/mol. The molecule has 12 heteroatoms. The van der Waals surface area contributed by atoms with Crippen molar-refractivity contribution in [2.45, 2.75) is 0 Å². The number of rotatable bonds is 5. The summed E-state index contributed by atoms with van der Waals surface area (Å²) in [5, 5.41) is 54.3. The number of aromatic nitrogens is 2. The molecule has 0 fully saturated rings. The minimum Gasteiger partial charge on any atom is -0.505 e. The van der Waals surface area contributed by atoms with Gasteiger partial charge in [-0.1, -0.05) is 17.3 Å². The highest BCUT2D eigenvalue weighted by molar-refractivity contribution is 6.16. The standard InChI is InChI=1S/C22H11FN4O7/c23-14-5-4-12(7-15(14)28)21-25-22(34-26-21)13-8-16(29)20(31)18(27(32)33)17(13)19(30)11-3-1-2-10(6-11)9-24/h1-8,28-29,31H. The summed E-state index contributed by atoms with van der Waals surface area (Å²) in [5.74, 6) is -5.23. The van der Waals surface area contributed by atoms with Gasteiger partial charge in [0.05, 0.1) is 22.1 Å². The van der Waals surface area contributed by atoms with Crippen LogP contribution in [-0.2, 0) is 0 Å². The quantitative estimate of drug-likeness (QED) is 0.171. The van der Waals surface area contributed by atoms with E-state index in [0.29, 0.717) is 0 Å². The largest absolute Gasteiger partial charge is 0.505 e. The molecule has 0 radical (unpaired) electrons. The van der Waals surface area contributed by atoms with E-state index >= 15 is 0 Å². The number of carbonyl (C=O) groups excluding carboxylic acids is 1. The second kappa shape index (κ2) is 8.32. The lowest BCUT2D eigenvalue weighted by Gasteiger charge is -2.10. The zero-order valence-electron chi connectivity index (χ0n) is 16.8. The van der Waals surface area contributed by atoms with Crippen LogP contribution in [0.5, 0.6) is 17.2 Å². The van der Waals surface area contributed by atoms with Gasteiger partial charge in [-0.15, -0.1) is 0 Å². The van der Waals surface area contributed by atoms with Crippen molar-refractivity contribution in [3.8, 4) is 46.2 Å². The molecule has 168 valence electrons. The first kappa shape index (κ1) is 21.9. The molecule has 3 aromatic carbocycles. The fourth-order valence-corrected chi connectivity index (χ4v) is 3.20. The molecule has 1 heterocycles. The van der Waals surface area contributed by atoms with E-state index < -0.39 is 50.9 Å². The fraction of sp³-hybridized carbons (Fsp3) is 0. The number of nitro benzene ring substituents is 1. The zero-order chi connectivity index (χ0) is 24.6. The fourth-order valence-electron chi connectivity index (χ4n) is 3.20. The van der Waals surface area contributed by atoms with Crippen LogP contribution in [0.15, 0.2) is 53.1 Å². The molecule has 0 aliphatic heterocycles. The maximum atomic E-state index is 13.4. The molecule has 11 nitrogen and oxygen atoms in total. The Morgan fingerprint density at radius 2 is 1.88 bits per heavy atom. The number of carbonyl (C=O) groups is 1. The minimum atomic E-state index is -1.16. The van der Waals surface area contributed by atoms with Gasteiger partial charge in [-0.25, -0.2) is 4.39 Å². The van der Waals surface area contributed by atoms with Crippen molar-refractivity contribution >= 4 is 11.5 Å². The minimum absolute atomic E-state index is 0.106. The van der Waals surface area contributed by atoms with Crippen molar-refractivity contribution in [1.29, 1.82) is 5.26 Å². The number of phenolic OH excluding ortho intramolecular Hbond substituents is 3. The Hall–Kier alpha value is -5.31. The summed E-state index contributed by atoms with van der Waals surface area (Å²) in [7, 11) is 0. The van der Waals surface area contributed by atoms with Crippen LogP contribution in [0, 0.1) is 27.3 Å². The Bertz CT molecular complexity index is 1520. The summed E-state index contributed by atoms with van der Waals surface area (Å²) >= 11 is 0. The van der Waals surface area contributed by atoms with Crippen LogP contribution >= 0.6 is 0 Å². The number of hydrogen-bond donors (Lipinski definition) is 3. The molecule has 0 amide bonds. The molecule has 3 N–H and O–H groups in total. The van der Waals surface area contributed by atoms with Gasteiger partial charge in [0.15, 0.2) is 17.3 Å². The Kier molecular flexibility index (Phi) is 5.36. The molecule has 4 rings (SSSR count). The third kappa shape index (κ3) is 3.73. The highest BCUT2D eigenvalue weighted by atomic mass is 19.1. The first-order chi connectivity index (χ1) is 16.2. The summed E-state index contributed by atoms with van der Waals surface area (Å²) in [6.07, 6.45) is 0. The highest BCUT2D eigenvalue weighted by Crippen LogP contribution is 2.44. The number of aromatic hydroxyl groups is 3. The number of nitriles is 1. The molecule has 0 unspecified atom stereocenters. The number of halogens is 1. The van der Waals surface area contributed by atoms with Gasteiger partial charge >= 0.3 is 5.69 Å². The lowest BCUT2D eigenvalue weighted by molar-refractivity contribution is -0.386. The third-order valence-electron chi connectivity index (χ3n) is 4.78. The van der Waals surface area contributed by atoms with Crippen molar-refractivity contribution in [1.82, 2.24) is 10.1 Å². The van der Waals surface area contributed by atoms with Crippen molar-refractivity contribution < 1.29 is 34.0 Å². The molecule has 0 bridgehead atoms. The first-order valence-electron chi connectivity index (χ1n) is 9.32. The number of hydrogen-bond acceptors (Lipinski definition) is 10. The second-order valence-electron chi connectivity index (χ2n) is 6.88. The van der Waals surface area contributed by atoms with Crippen molar-refractivity contribution in [3.63, 3.8) is 0 Å². The first-order valence-corrected chi connectivity index (χ1v) is 9.32. The number of benzene rings is 3. The Morgan fingerprint density at radius 1 is 1.12 bits per heavy atom. The SMILES string of the molecule is N#Cc1cccc(C(=O)c2c(-c3nc(-c4ccc(F)c(O)c4)no3)cc(O)c(O)c2[N+](=O)[O-])c1. The molecule has 34 heavy (non-hydrogen) atoms. The number of nitrogens with zero attached hydrogens (tertiary/aromatic N) is 4. The van der Waals surface area contributed by atoms with E-state index in [1.807, 2.05) is 6.07 Å². The molecular formula is C22H11FN4O7. The predicted molar refractivity (Wildman–Crippen MR) is 111 cm³/mol. The Balaban J connectivity index is 1.94. The van der Waals surface area contributed by atoms with Gasteiger partial charge < -0.3 is 19.8 Å². The van der Waals surface area contributed by atoms with Crippen molar-refractivity contribution in [2.75, 3.05) is 0 Å². The van der Waals surface area contributed by atoms with E-state index in [4.69, 9.17) is 9.78 Å². The van der Waals surface area contributed by atoms with Gasteiger partial charge in [-0.05, 0) is 36.4 Å². The molecule has 0 saturated carbocycles. The Labute approximate surface area is 188 Å². The van der Waals surface area contributed by atoms with Crippen molar-refractivity contribution in [2.24, 2.45) is 0 Å². The monoisotopic (exact) mass is 462 g/mol. The summed E-state index contributed by atoms with van der Waals surface area (Å²) in [5.41, 5.74) is -2.04. The maximum absolute atomic E-state index is 13.4. The summed E-state index contributed by atoms with van der Waals surface area (Å²) < 4.78 is 18.5. The number of ketones is 1. The maximum Gasteiger partial charge on any atom is 0.326 e. The molecule has 4 aromatic rings. The molecule has 0 atom stereocenters. The van der Waals surface area contributed by atoms with E-state index in [9.17, 15) is 34.6 Å². The lowest BCUT2D eigenvalue weighted by atomic mass is 9.94.